The molecule has 106 valence electrons. The van der Waals surface area contributed by atoms with Gasteiger partial charge in [-0.15, -0.1) is 0 Å². The molecule has 0 aliphatic heterocycles. The minimum atomic E-state index is -0.724. The fourth-order valence-electron chi connectivity index (χ4n) is 1.88. The molecule has 1 aliphatic carbocycles. The van der Waals surface area contributed by atoms with Gasteiger partial charge in [0.25, 0.3) is 5.91 Å². The maximum atomic E-state index is 12.0. The van der Waals surface area contributed by atoms with Crippen LogP contribution in [-0.2, 0) is 14.3 Å². The van der Waals surface area contributed by atoms with E-state index in [1.54, 1.807) is 31.3 Å². The third-order valence-corrected chi connectivity index (χ3v) is 3.09. The largest absolute Gasteiger partial charge is 0.452 e. The summed E-state index contributed by atoms with van der Waals surface area (Å²) >= 11 is 0. The van der Waals surface area contributed by atoms with Crippen LogP contribution in [0.25, 0.3) is 0 Å². The molecule has 0 heterocycles. The number of nitrogens with two attached hydrogens (primary N) is 1. The number of benzene rings is 1. The van der Waals surface area contributed by atoms with Crippen molar-refractivity contribution in [3.05, 3.63) is 29.8 Å². The highest BCUT2D eigenvalue weighted by atomic mass is 16.5. The van der Waals surface area contributed by atoms with Crippen LogP contribution in [0.15, 0.2) is 24.3 Å². The topological polar surface area (TPSA) is 89.7 Å². The van der Waals surface area contributed by atoms with Gasteiger partial charge in [-0.25, -0.2) is 4.79 Å². The second-order valence-corrected chi connectivity index (χ2v) is 4.73. The third-order valence-electron chi connectivity index (χ3n) is 3.09. The Labute approximate surface area is 116 Å². The smallest absolute Gasteiger partial charge is 0.340 e. The average molecular weight is 276 g/mol. The van der Waals surface area contributed by atoms with Crippen LogP contribution >= 0.6 is 0 Å². The Morgan fingerprint density at radius 1 is 1.30 bits per heavy atom. The molecule has 1 saturated carbocycles. The Morgan fingerprint density at radius 3 is 2.55 bits per heavy atom. The van der Waals surface area contributed by atoms with Crippen LogP contribution < -0.4 is 10.6 Å². The molecule has 0 bridgehead atoms. The monoisotopic (exact) mass is 276 g/mol. The minimum absolute atomic E-state index is 0.0137. The molecule has 2 rings (SSSR count). The maximum Gasteiger partial charge on any atom is 0.340 e. The first-order valence-corrected chi connectivity index (χ1v) is 6.32. The molecule has 1 fully saturated rings. The van der Waals surface area contributed by atoms with Crippen molar-refractivity contribution in [2.24, 2.45) is 11.7 Å². The Kier molecular flexibility index (Phi) is 4.02. The first-order valence-electron chi connectivity index (χ1n) is 6.32. The SMILES string of the molecule is CN(C(=O)C1CC1)c1ccccc1C(=O)OCC(N)=O. The fourth-order valence-corrected chi connectivity index (χ4v) is 1.88. The molecular formula is C14H16N2O4. The predicted molar refractivity (Wildman–Crippen MR) is 72.1 cm³/mol. The molecule has 1 aromatic carbocycles. The van der Waals surface area contributed by atoms with E-state index < -0.39 is 18.5 Å². The van der Waals surface area contributed by atoms with Crippen LogP contribution in [-0.4, -0.2) is 31.4 Å². The van der Waals surface area contributed by atoms with Crippen molar-refractivity contribution in [1.29, 1.82) is 0 Å². The molecule has 0 spiro atoms. The number of carbonyl (C=O) groups is 3. The van der Waals surface area contributed by atoms with Gasteiger partial charge in [0, 0.05) is 13.0 Å². The van der Waals surface area contributed by atoms with Crippen molar-refractivity contribution >= 4 is 23.5 Å². The van der Waals surface area contributed by atoms with Gasteiger partial charge in [0.1, 0.15) is 0 Å². The number of primary amides is 1. The van der Waals surface area contributed by atoms with Crippen molar-refractivity contribution in [1.82, 2.24) is 0 Å². The van der Waals surface area contributed by atoms with Gasteiger partial charge in [-0.05, 0) is 25.0 Å². The Morgan fingerprint density at radius 2 is 1.95 bits per heavy atom. The number of hydrogen-bond donors (Lipinski definition) is 1. The predicted octanol–water partition coefficient (Wildman–Crippen LogP) is 0.701. The quantitative estimate of drug-likeness (QED) is 0.802. The lowest BCUT2D eigenvalue weighted by molar-refractivity contribution is -0.121. The Hall–Kier alpha value is -2.37. The first-order chi connectivity index (χ1) is 9.50. The van der Waals surface area contributed by atoms with E-state index in [9.17, 15) is 14.4 Å². The van der Waals surface area contributed by atoms with E-state index in [0.29, 0.717) is 5.69 Å². The van der Waals surface area contributed by atoms with Gasteiger partial charge in [-0.3, -0.25) is 9.59 Å². The number of ether oxygens (including phenoxy) is 1. The lowest BCUT2D eigenvalue weighted by Crippen LogP contribution is -2.29. The van der Waals surface area contributed by atoms with Gasteiger partial charge in [-0.2, -0.15) is 0 Å². The molecule has 20 heavy (non-hydrogen) atoms. The number of para-hydroxylation sites is 1. The van der Waals surface area contributed by atoms with E-state index in [-0.39, 0.29) is 17.4 Å². The minimum Gasteiger partial charge on any atom is -0.452 e. The van der Waals surface area contributed by atoms with Crippen molar-refractivity contribution in [2.75, 3.05) is 18.6 Å². The highest BCUT2D eigenvalue weighted by Crippen LogP contribution is 2.33. The molecule has 0 saturated heterocycles. The fraction of sp³-hybridized carbons (Fsp3) is 0.357. The molecule has 1 aromatic rings. The van der Waals surface area contributed by atoms with Crippen LogP contribution in [0.1, 0.15) is 23.2 Å². The highest BCUT2D eigenvalue weighted by molar-refractivity contribution is 6.03. The zero-order chi connectivity index (χ0) is 14.7. The van der Waals surface area contributed by atoms with Gasteiger partial charge in [0.05, 0.1) is 11.3 Å². The second-order valence-electron chi connectivity index (χ2n) is 4.73. The summed E-state index contributed by atoms with van der Waals surface area (Å²) in [5.41, 5.74) is 5.64. The van der Waals surface area contributed by atoms with E-state index in [1.165, 1.54) is 4.90 Å². The second kappa shape index (κ2) is 5.73. The van der Waals surface area contributed by atoms with Crippen molar-refractivity contribution in [2.45, 2.75) is 12.8 Å². The molecule has 0 atom stereocenters. The molecule has 2 amide bonds. The van der Waals surface area contributed by atoms with Gasteiger partial charge < -0.3 is 15.4 Å². The summed E-state index contributed by atoms with van der Waals surface area (Å²) in [4.78, 5) is 36.1. The molecule has 1 aliphatic rings. The van der Waals surface area contributed by atoms with E-state index >= 15 is 0 Å². The third kappa shape index (κ3) is 3.14. The Bertz CT molecular complexity index is 552. The summed E-state index contributed by atoms with van der Waals surface area (Å²) in [6, 6.07) is 6.62. The summed E-state index contributed by atoms with van der Waals surface area (Å²) in [6.07, 6.45) is 1.77. The maximum absolute atomic E-state index is 12.0. The summed E-state index contributed by atoms with van der Waals surface area (Å²) in [5.74, 6) is -1.36. The molecule has 6 heteroatoms. The van der Waals surface area contributed by atoms with Crippen molar-refractivity contribution in [3.8, 4) is 0 Å². The lowest BCUT2D eigenvalue weighted by atomic mass is 10.1. The van der Waals surface area contributed by atoms with E-state index in [1.807, 2.05) is 0 Å². The molecule has 0 radical (unpaired) electrons. The molecule has 0 unspecified atom stereocenters. The average Bonchev–Trinajstić information content (AvgIpc) is 3.27. The van der Waals surface area contributed by atoms with Crippen LogP contribution in [0.3, 0.4) is 0 Å². The van der Waals surface area contributed by atoms with Gasteiger partial charge in [-0.1, -0.05) is 12.1 Å². The number of amides is 2. The van der Waals surface area contributed by atoms with Gasteiger partial charge in [0.2, 0.25) is 5.91 Å². The summed E-state index contributed by atoms with van der Waals surface area (Å²) < 4.78 is 4.78. The number of carbonyl (C=O) groups excluding carboxylic acids is 3. The van der Waals surface area contributed by atoms with Crippen molar-refractivity contribution in [3.63, 3.8) is 0 Å². The van der Waals surface area contributed by atoms with Crippen LogP contribution in [0.5, 0.6) is 0 Å². The summed E-state index contributed by atoms with van der Waals surface area (Å²) in [5, 5.41) is 0. The van der Waals surface area contributed by atoms with E-state index in [2.05, 4.69) is 0 Å². The summed E-state index contributed by atoms with van der Waals surface area (Å²) in [6.45, 7) is -0.479. The Balaban J connectivity index is 2.18. The molecule has 6 nitrogen and oxygen atoms in total. The first kappa shape index (κ1) is 14.0. The number of esters is 1. The zero-order valence-electron chi connectivity index (χ0n) is 11.2. The van der Waals surface area contributed by atoms with E-state index in [0.717, 1.165) is 12.8 Å². The van der Waals surface area contributed by atoms with Crippen LogP contribution in [0.2, 0.25) is 0 Å². The number of nitrogens with zero attached hydrogens (tertiary/aromatic N) is 1. The van der Waals surface area contributed by atoms with Gasteiger partial charge >= 0.3 is 5.97 Å². The molecular weight excluding hydrogens is 260 g/mol. The number of rotatable bonds is 5. The number of anilines is 1. The number of hydrogen-bond acceptors (Lipinski definition) is 4. The van der Waals surface area contributed by atoms with Crippen LogP contribution in [0, 0.1) is 5.92 Å². The van der Waals surface area contributed by atoms with Crippen molar-refractivity contribution < 1.29 is 19.1 Å². The van der Waals surface area contributed by atoms with Crippen LogP contribution in [0.4, 0.5) is 5.69 Å². The lowest BCUT2D eigenvalue weighted by Gasteiger charge is -2.19. The molecule has 2 N–H and O–H groups in total. The standard InChI is InChI=1S/C14H16N2O4/c1-16(13(18)9-6-7-9)11-5-3-2-4-10(11)14(19)20-8-12(15)17/h2-5,9H,6-8H2,1H3,(H2,15,17). The summed E-state index contributed by atoms with van der Waals surface area (Å²) in [7, 11) is 1.63. The molecule has 0 aromatic heterocycles. The zero-order valence-corrected chi connectivity index (χ0v) is 11.2. The highest BCUT2D eigenvalue weighted by Gasteiger charge is 2.33. The van der Waals surface area contributed by atoms with E-state index in [4.69, 9.17) is 10.5 Å². The van der Waals surface area contributed by atoms with Gasteiger partial charge in [0.15, 0.2) is 6.61 Å². The normalized spacial score (nSPS) is 13.7.